The second kappa shape index (κ2) is 5.47. The molecule has 1 unspecified atom stereocenters. The minimum absolute atomic E-state index is 0.297. The number of rotatable bonds is 1. The van der Waals surface area contributed by atoms with E-state index >= 15 is 0 Å². The molecule has 0 rings (SSSR count). The van der Waals surface area contributed by atoms with Gasteiger partial charge in [0.15, 0.2) is 0 Å². The minimum atomic E-state index is 0.297. The Hall–Kier alpha value is 0.330. The van der Waals surface area contributed by atoms with Gasteiger partial charge in [-0.3, -0.25) is 0 Å². The number of halogens is 2. The van der Waals surface area contributed by atoms with Crippen LogP contribution in [0.15, 0.2) is 0 Å². The molecule has 1 atom stereocenters. The fraction of sp³-hybridized carbons (Fsp3) is 0.667. The van der Waals surface area contributed by atoms with Crippen molar-refractivity contribution in [3.8, 4) is 11.8 Å². The van der Waals surface area contributed by atoms with Crippen LogP contribution in [0.1, 0.15) is 13.3 Å². The van der Waals surface area contributed by atoms with E-state index in [4.69, 9.17) is 11.6 Å². The van der Waals surface area contributed by atoms with Crippen LogP contribution in [0.4, 0.5) is 0 Å². The Morgan fingerprint density at radius 3 is 2.75 bits per heavy atom. The number of hydrogen-bond donors (Lipinski definition) is 0. The van der Waals surface area contributed by atoms with Gasteiger partial charge in [0, 0.05) is 12.3 Å². The lowest BCUT2D eigenvalue weighted by molar-refractivity contribution is 1.26. The van der Waals surface area contributed by atoms with E-state index in [1.807, 2.05) is 6.92 Å². The molecule has 0 N–H and O–H groups in total. The second-order valence-electron chi connectivity index (χ2n) is 1.38. The van der Waals surface area contributed by atoms with Crippen LogP contribution in [0, 0.1) is 11.8 Å². The van der Waals surface area contributed by atoms with E-state index < -0.39 is 0 Å². The molecule has 0 saturated heterocycles. The van der Waals surface area contributed by atoms with Gasteiger partial charge in [-0.05, 0) is 6.92 Å². The van der Waals surface area contributed by atoms with E-state index in [0.29, 0.717) is 10.7 Å². The predicted octanol–water partition coefficient (Wildman–Crippen LogP) is 2.40. The fourth-order valence-electron chi connectivity index (χ4n) is 0.260. The van der Waals surface area contributed by atoms with Gasteiger partial charge in [0.05, 0.1) is 4.83 Å². The van der Waals surface area contributed by atoms with Gasteiger partial charge in [-0.1, -0.05) is 21.9 Å². The van der Waals surface area contributed by atoms with E-state index in [1.165, 1.54) is 0 Å². The Labute approximate surface area is 63.7 Å². The summed E-state index contributed by atoms with van der Waals surface area (Å²) in [6.07, 6.45) is 0.789. The zero-order valence-corrected chi connectivity index (χ0v) is 7.09. The molecule has 8 heavy (non-hydrogen) atoms. The van der Waals surface area contributed by atoms with Gasteiger partial charge < -0.3 is 0 Å². The van der Waals surface area contributed by atoms with Crippen molar-refractivity contribution >= 4 is 27.5 Å². The SMILES string of the molecule is CC(Br)C#CCCCl. The summed E-state index contributed by atoms with van der Waals surface area (Å²) >= 11 is 8.66. The molecular weight excluding hydrogens is 187 g/mol. The third kappa shape index (κ3) is 6.33. The lowest BCUT2D eigenvalue weighted by atomic mass is 10.4. The summed E-state index contributed by atoms with van der Waals surface area (Å²) < 4.78 is 0. The van der Waals surface area contributed by atoms with Crippen LogP contribution in [0.2, 0.25) is 0 Å². The molecule has 0 bridgehead atoms. The van der Waals surface area contributed by atoms with Crippen molar-refractivity contribution in [2.24, 2.45) is 0 Å². The summed E-state index contributed by atoms with van der Waals surface area (Å²) in [6, 6.07) is 0. The zero-order valence-electron chi connectivity index (χ0n) is 4.75. The summed E-state index contributed by atoms with van der Waals surface area (Å²) in [4.78, 5) is 0.297. The molecule has 0 saturated carbocycles. The molecule has 0 amide bonds. The van der Waals surface area contributed by atoms with Crippen LogP contribution in [0.3, 0.4) is 0 Å². The van der Waals surface area contributed by atoms with Crippen molar-refractivity contribution in [2.45, 2.75) is 18.2 Å². The normalized spacial score (nSPS) is 11.9. The topological polar surface area (TPSA) is 0 Å². The van der Waals surface area contributed by atoms with Crippen molar-refractivity contribution in [1.82, 2.24) is 0 Å². The Bertz CT molecular complexity index is 98.8. The second-order valence-corrected chi connectivity index (χ2v) is 3.13. The highest BCUT2D eigenvalue weighted by Gasteiger charge is 1.81. The third-order valence-corrected chi connectivity index (χ3v) is 0.938. The van der Waals surface area contributed by atoms with Gasteiger partial charge in [-0.15, -0.1) is 17.5 Å². The van der Waals surface area contributed by atoms with Crippen LogP contribution in [0.25, 0.3) is 0 Å². The highest BCUT2D eigenvalue weighted by atomic mass is 79.9. The van der Waals surface area contributed by atoms with E-state index in [9.17, 15) is 0 Å². The maximum atomic E-state index is 5.37. The maximum absolute atomic E-state index is 5.37. The van der Waals surface area contributed by atoms with E-state index in [2.05, 4.69) is 27.8 Å². The lowest BCUT2D eigenvalue weighted by Crippen LogP contribution is -1.80. The standard InChI is InChI=1S/C6H8BrCl/c1-6(7)4-2-3-5-8/h6H,3,5H2,1H3. The van der Waals surface area contributed by atoms with E-state index in [-0.39, 0.29) is 0 Å². The molecule has 0 nitrogen and oxygen atoms in total. The summed E-state index contributed by atoms with van der Waals surface area (Å²) in [5.74, 6) is 6.47. The molecule has 0 aromatic carbocycles. The molecule has 0 heterocycles. The molecule has 0 aromatic heterocycles. The summed E-state index contributed by atoms with van der Waals surface area (Å²) in [5, 5.41) is 0. The Kier molecular flexibility index (Phi) is 5.69. The van der Waals surface area contributed by atoms with E-state index in [0.717, 1.165) is 6.42 Å². The number of alkyl halides is 2. The highest BCUT2D eigenvalue weighted by molar-refractivity contribution is 9.09. The highest BCUT2D eigenvalue weighted by Crippen LogP contribution is 1.93. The Morgan fingerprint density at radius 2 is 2.38 bits per heavy atom. The first-order chi connectivity index (χ1) is 3.77. The maximum Gasteiger partial charge on any atom is 0.0726 e. The van der Waals surface area contributed by atoms with Crippen LogP contribution < -0.4 is 0 Å². The van der Waals surface area contributed by atoms with Gasteiger partial charge in [-0.25, -0.2) is 0 Å². The lowest BCUT2D eigenvalue weighted by Gasteiger charge is -1.82. The first-order valence-electron chi connectivity index (χ1n) is 2.46. The van der Waals surface area contributed by atoms with Gasteiger partial charge in [0.1, 0.15) is 0 Å². The van der Waals surface area contributed by atoms with Gasteiger partial charge in [0.25, 0.3) is 0 Å². The molecular formula is C6H8BrCl. The first kappa shape index (κ1) is 8.33. The zero-order chi connectivity index (χ0) is 6.41. The molecule has 0 aromatic rings. The van der Waals surface area contributed by atoms with Gasteiger partial charge in [-0.2, -0.15) is 0 Å². The average Bonchev–Trinajstić information content (AvgIpc) is 1.66. The third-order valence-electron chi connectivity index (χ3n) is 0.520. The minimum Gasteiger partial charge on any atom is -0.126 e. The van der Waals surface area contributed by atoms with Crippen molar-refractivity contribution in [2.75, 3.05) is 5.88 Å². The van der Waals surface area contributed by atoms with Crippen LogP contribution in [-0.2, 0) is 0 Å². The summed E-state index contributed by atoms with van der Waals surface area (Å²) in [5.41, 5.74) is 0. The molecule has 0 aliphatic carbocycles. The number of hydrogen-bond acceptors (Lipinski definition) is 0. The predicted molar refractivity (Wildman–Crippen MR) is 41.5 cm³/mol. The van der Waals surface area contributed by atoms with E-state index in [1.54, 1.807) is 0 Å². The van der Waals surface area contributed by atoms with Crippen molar-refractivity contribution in [1.29, 1.82) is 0 Å². The van der Waals surface area contributed by atoms with Crippen LogP contribution >= 0.6 is 27.5 Å². The van der Waals surface area contributed by atoms with Crippen molar-refractivity contribution in [3.63, 3.8) is 0 Å². The summed E-state index contributed by atoms with van der Waals surface area (Å²) in [7, 11) is 0. The van der Waals surface area contributed by atoms with Crippen molar-refractivity contribution in [3.05, 3.63) is 0 Å². The molecule has 2 heteroatoms. The largest absolute Gasteiger partial charge is 0.126 e. The smallest absolute Gasteiger partial charge is 0.0726 e. The van der Waals surface area contributed by atoms with Gasteiger partial charge in [0.2, 0.25) is 0 Å². The summed E-state index contributed by atoms with van der Waals surface area (Å²) in [6.45, 7) is 1.99. The molecule has 0 aliphatic heterocycles. The molecule has 46 valence electrons. The Morgan fingerprint density at radius 1 is 1.75 bits per heavy atom. The molecule has 0 spiro atoms. The molecule has 0 aliphatic rings. The quantitative estimate of drug-likeness (QED) is 0.445. The van der Waals surface area contributed by atoms with Crippen LogP contribution in [-0.4, -0.2) is 10.7 Å². The molecule has 0 radical (unpaired) electrons. The monoisotopic (exact) mass is 194 g/mol. The Balaban J connectivity index is 3.20. The average molecular weight is 195 g/mol. The first-order valence-corrected chi connectivity index (χ1v) is 3.91. The van der Waals surface area contributed by atoms with Gasteiger partial charge >= 0.3 is 0 Å². The molecule has 0 fully saturated rings. The fourth-order valence-corrected chi connectivity index (χ4v) is 0.516. The van der Waals surface area contributed by atoms with Crippen molar-refractivity contribution < 1.29 is 0 Å². The van der Waals surface area contributed by atoms with Crippen LogP contribution in [0.5, 0.6) is 0 Å².